The summed E-state index contributed by atoms with van der Waals surface area (Å²) >= 11 is 0.811. The van der Waals surface area contributed by atoms with Gasteiger partial charge in [-0.15, -0.1) is 0 Å². The lowest BCUT2D eigenvalue weighted by Crippen LogP contribution is -2.17. The first-order chi connectivity index (χ1) is 13.8. The molecule has 0 fully saturated rings. The number of hydrogen-bond acceptors (Lipinski definition) is 6. The van der Waals surface area contributed by atoms with Crippen LogP contribution >= 0.6 is 11.8 Å². The quantitative estimate of drug-likeness (QED) is 0.388. The summed E-state index contributed by atoms with van der Waals surface area (Å²) < 4.78 is 39.9. The Kier molecular flexibility index (Phi) is 4.70. The first-order valence-corrected chi connectivity index (χ1v) is 9.13. The summed E-state index contributed by atoms with van der Waals surface area (Å²) in [6, 6.07) is 9.42. The van der Waals surface area contributed by atoms with Crippen LogP contribution in [0.4, 0.5) is 13.2 Å². The van der Waals surface area contributed by atoms with Gasteiger partial charge in [-0.3, -0.25) is 9.59 Å². The van der Waals surface area contributed by atoms with Crippen LogP contribution in [-0.4, -0.2) is 29.7 Å². The highest BCUT2D eigenvalue weighted by Crippen LogP contribution is 2.28. The number of benzene rings is 1. The third-order valence-electron chi connectivity index (χ3n) is 3.84. The van der Waals surface area contributed by atoms with Gasteiger partial charge in [0.05, 0.1) is 17.6 Å². The second-order valence-corrected chi connectivity index (χ2v) is 6.83. The van der Waals surface area contributed by atoms with Gasteiger partial charge in [-0.2, -0.15) is 18.3 Å². The average Bonchev–Trinajstić information content (AvgIpc) is 3.10. The Balaban J connectivity index is 1.67. The van der Waals surface area contributed by atoms with Gasteiger partial charge in [0.25, 0.3) is 11.1 Å². The molecule has 0 amide bonds. The minimum absolute atomic E-state index is 0.0185. The molecule has 29 heavy (non-hydrogen) atoms. The van der Waals surface area contributed by atoms with Gasteiger partial charge in [-0.1, -0.05) is 30.0 Å². The van der Waals surface area contributed by atoms with E-state index in [-0.39, 0.29) is 22.1 Å². The van der Waals surface area contributed by atoms with Crippen molar-refractivity contribution in [2.45, 2.75) is 17.1 Å². The van der Waals surface area contributed by atoms with Crippen molar-refractivity contribution in [3.05, 3.63) is 74.8 Å². The molecule has 0 unspecified atom stereocenters. The first-order valence-electron chi connectivity index (χ1n) is 8.15. The lowest BCUT2D eigenvalue weighted by atomic mass is 10.3. The number of thioether (sulfide) groups is 1. The van der Waals surface area contributed by atoms with E-state index in [2.05, 4.69) is 25.0 Å². The minimum Gasteiger partial charge on any atom is -0.309 e. The largest absolute Gasteiger partial charge is 0.433 e. The van der Waals surface area contributed by atoms with Crippen LogP contribution in [-0.2, 0) is 11.9 Å². The zero-order chi connectivity index (χ0) is 20.6. The molecule has 3 aromatic heterocycles. The molecule has 1 aromatic carbocycles. The number of rotatable bonds is 4. The van der Waals surface area contributed by atoms with E-state index in [1.807, 2.05) is 18.2 Å². The molecule has 0 aliphatic rings. The molecule has 3 heterocycles. The number of alkyl halides is 3. The molecule has 0 bridgehead atoms. The number of aromatic amines is 2. The van der Waals surface area contributed by atoms with E-state index < -0.39 is 23.0 Å². The van der Waals surface area contributed by atoms with Crippen LogP contribution < -0.4 is 11.1 Å². The molecule has 12 heteroatoms. The minimum atomic E-state index is -4.74. The monoisotopic (exact) mass is 420 g/mol. The molecular formula is C17H11F3N6O2S. The maximum absolute atomic E-state index is 12.8. The molecular weight excluding hydrogens is 409 g/mol. The number of H-pyrrole nitrogens is 2. The Morgan fingerprint density at radius 1 is 1.07 bits per heavy atom. The zero-order valence-corrected chi connectivity index (χ0v) is 15.2. The van der Waals surface area contributed by atoms with Gasteiger partial charge in [0.1, 0.15) is 11.2 Å². The van der Waals surface area contributed by atoms with Crippen LogP contribution in [0.1, 0.15) is 11.5 Å². The summed E-state index contributed by atoms with van der Waals surface area (Å²) in [4.78, 5) is 36.3. The summed E-state index contributed by atoms with van der Waals surface area (Å²) in [5.41, 5.74) is -1.64. The lowest BCUT2D eigenvalue weighted by molar-refractivity contribution is -0.141. The third-order valence-corrected chi connectivity index (χ3v) is 4.73. The molecule has 0 saturated carbocycles. The predicted molar refractivity (Wildman–Crippen MR) is 98.9 cm³/mol. The molecule has 0 radical (unpaired) electrons. The van der Waals surface area contributed by atoms with Gasteiger partial charge in [0, 0.05) is 6.07 Å². The summed E-state index contributed by atoms with van der Waals surface area (Å²) in [5, 5.41) is 4.22. The number of halogens is 3. The summed E-state index contributed by atoms with van der Waals surface area (Å²) in [5.74, 6) is 0.181. The normalized spacial score (nSPS) is 11.8. The van der Waals surface area contributed by atoms with Gasteiger partial charge in [0.2, 0.25) is 0 Å². The van der Waals surface area contributed by atoms with Gasteiger partial charge in [-0.05, 0) is 12.1 Å². The van der Waals surface area contributed by atoms with Crippen LogP contribution in [0.3, 0.4) is 0 Å². The highest BCUT2D eigenvalue weighted by Gasteiger charge is 2.33. The van der Waals surface area contributed by atoms with Crippen LogP contribution in [0.25, 0.3) is 16.7 Å². The van der Waals surface area contributed by atoms with E-state index in [9.17, 15) is 22.8 Å². The van der Waals surface area contributed by atoms with Crippen molar-refractivity contribution in [3.63, 3.8) is 0 Å². The number of hydrogen-bond donors (Lipinski definition) is 2. The summed E-state index contributed by atoms with van der Waals surface area (Å²) in [6.07, 6.45) is -3.35. The smallest absolute Gasteiger partial charge is 0.309 e. The molecule has 148 valence electrons. The lowest BCUT2D eigenvalue weighted by Gasteiger charge is -2.07. The van der Waals surface area contributed by atoms with Crippen molar-refractivity contribution in [1.29, 1.82) is 0 Å². The number of nitrogens with zero attached hydrogens (tertiary/aromatic N) is 4. The molecule has 0 aliphatic heterocycles. The van der Waals surface area contributed by atoms with Crippen molar-refractivity contribution in [3.8, 4) is 5.69 Å². The highest BCUT2D eigenvalue weighted by atomic mass is 32.2. The predicted octanol–water partition coefficient (Wildman–Crippen LogP) is 2.50. The van der Waals surface area contributed by atoms with E-state index in [1.54, 1.807) is 12.1 Å². The Morgan fingerprint density at radius 2 is 1.83 bits per heavy atom. The van der Waals surface area contributed by atoms with Crippen LogP contribution in [0.5, 0.6) is 0 Å². The number of nitrogens with one attached hydrogen (secondary N) is 2. The molecule has 0 aliphatic carbocycles. The van der Waals surface area contributed by atoms with Crippen molar-refractivity contribution in [2.24, 2.45) is 0 Å². The fraction of sp³-hybridized carbons (Fsp3) is 0.118. The molecule has 0 saturated heterocycles. The van der Waals surface area contributed by atoms with E-state index in [0.717, 1.165) is 11.8 Å². The maximum atomic E-state index is 12.8. The third kappa shape index (κ3) is 3.92. The van der Waals surface area contributed by atoms with Crippen LogP contribution in [0.15, 0.2) is 57.3 Å². The highest BCUT2D eigenvalue weighted by molar-refractivity contribution is 7.98. The number of fused-ring (bicyclic) bond motifs is 1. The Hall–Kier alpha value is -3.41. The zero-order valence-electron chi connectivity index (χ0n) is 14.4. The van der Waals surface area contributed by atoms with Crippen molar-refractivity contribution < 1.29 is 13.2 Å². The molecule has 2 N–H and O–H groups in total. The average molecular weight is 420 g/mol. The SMILES string of the molecule is O=c1cc(C(F)(F)F)nc(SCc2nc3c(cnn3-c3ccccc3)c(=O)[nH]2)[nH]1. The number of para-hydroxylation sites is 1. The van der Waals surface area contributed by atoms with Gasteiger partial charge in [-0.25, -0.2) is 14.6 Å². The van der Waals surface area contributed by atoms with E-state index >= 15 is 0 Å². The van der Waals surface area contributed by atoms with E-state index in [1.165, 1.54) is 10.9 Å². The second-order valence-electron chi connectivity index (χ2n) is 5.86. The van der Waals surface area contributed by atoms with Crippen LogP contribution in [0, 0.1) is 0 Å². The number of aromatic nitrogens is 6. The van der Waals surface area contributed by atoms with Crippen LogP contribution in [0.2, 0.25) is 0 Å². The van der Waals surface area contributed by atoms with Crippen molar-refractivity contribution in [2.75, 3.05) is 0 Å². The Labute approximate surface area is 163 Å². The maximum Gasteiger partial charge on any atom is 0.433 e. The Morgan fingerprint density at radius 3 is 2.55 bits per heavy atom. The van der Waals surface area contributed by atoms with E-state index in [0.29, 0.717) is 17.4 Å². The fourth-order valence-electron chi connectivity index (χ4n) is 2.58. The molecule has 0 atom stereocenters. The molecule has 4 aromatic rings. The second kappa shape index (κ2) is 7.20. The van der Waals surface area contributed by atoms with E-state index in [4.69, 9.17) is 0 Å². The summed E-state index contributed by atoms with van der Waals surface area (Å²) in [7, 11) is 0. The summed E-state index contributed by atoms with van der Waals surface area (Å²) in [6.45, 7) is 0. The van der Waals surface area contributed by atoms with Gasteiger partial charge in [0.15, 0.2) is 16.5 Å². The Bertz CT molecular complexity index is 1300. The molecule has 8 nitrogen and oxygen atoms in total. The molecule has 4 rings (SSSR count). The first kappa shape index (κ1) is 18.9. The standard InChI is InChI=1S/C17H11F3N6O2S/c18-17(19,20)11-6-13(27)25-16(22-11)29-8-12-23-14-10(15(28)24-12)7-21-26(14)9-4-2-1-3-5-9/h1-7H,8H2,(H,22,25,27)(H,23,24,28). The topological polar surface area (TPSA) is 109 Å². The van der Waals surface area contributed by atoms with Gasteiger partial charge >= 0.3 is 6.18 Å². The fourth-order valence-corrected chi connectivity index (χ4v) is 3.32. The van der Waals surface area contributed by atoms with Crippen molar-refractivity contribution in [1.82, 2.24) is 29.7 Å². The van der Waals surface area contributed by atoms with Crippen molar-refractivity contribution >= 4 is 22.8 Å². The molecule has 0 spiro atoms. The van der Waals surface area contributed by atoms with Gasteiger partial charge < -0.3 is 9.97 Å².